The summed E-state index contributed by atoms with van der Waals surface area (Å²) in [4.78, 5) is 15.2. The van der Waals surface area contributed by atoms with Crippen molar-refractivity contribution in [1.82, 2.24) is 9.80 Å². The summed E-state index contributed by atoms with van der Waals surface area (Å²) in [7, 11) is 0. The standard InChI is InChI=1S/C15H19F4N3O/c1-10-2-3-11(20)8-12(10)13(23)22-6-4-21(5-7-22)9-15(18,19)14(16)17/h2-3,8,14H,4-7,9,20H2,1H3. The lowest BCUT2D eigenvalue weighted by Gasteiger charge is -2.36. The van der Waals surface area contributed by atoms with Crippen LogP contribution in [0.3, 0.4) is 0 Å². The molecule has 0 aliphatic carbocycles. The molecule has 1 amide bonds. The van der Waals surface area contributed by atoms with E-state index in [9.17, 15) is 22.4 Å². The third-order valence-corrected chi connectivity index (χ3v) is 3.91. The second-order valence-electron chi connectivity index (χ2n) is 5.70. The van der Waals surface area contributed by atoms with Crippen LogP contribution in [0.25, 0.3) is 0 Å². The minimum Gasteiger partial charge on any atom is -0.399 e. The maximum atomic E-state index is 13.1. The SMILES string of the molecule is Cc1ccc(N)cc1C(=O)N1CCN(CC(F)(F)C(F)F)CC1. The van der Waals surface area contributed by atoms with Crippen molar-refractivity contribution in [1.29, 1.82) is 0 Å². The Labute approximate surface area is 131 Å². The molecule has 0 bridgehead atoms. The lowest BCUT2D eigenvalue weighted by Crippen LogP contribution is -2.52. The van der Waals surface area contributed by atoms with Crippen LogP contribution in [0.15, 0.2) is 18.2 Å². The Balaban J connectivity index is 1.96. The molecule has 4 nitrogen and oxygen atoms in total. The highest BCUT2D eigenvalue weighted by atomic mass is 19.3. The summed E-state index contributed by atoms with van der Waals surface area (Å²) in [5, 5.41) is 0. The van der Waals surface area contributed by atoms with Gasteiger partial charge in [-0.05, 0) is 24.6 Å². The zero-order chi connectivity index (χ0) is 17.2. The molecular formula is C15H19F4N3O. The largest absolute Gasteiger partial charge is 0.399 e. The Bertz CT molecular complexity index is 572. The molecule has 1 heterocycles. The fourth-order valence-electron chi connectivity index (χ4n) is 2.52. The number of alkyl halides is 4. The Hall–Kier alpha value is -1.83. The number of anilines is 1. The average molecular weight is 333 g/mol. The zero-order valence-electron chi connectivity index (χ0n) is 12.7. The van der Waals surface area contributed by atoms with Gasteiger partial charge in [0.15, 0.2) is 0 Å². The van der Waals surface area contributed by atoms with Gasteiger partial charge in [0.05, 0.1) is 6.54 Å². The van der Waals surface area contributed by atoms with Gasteiger partial charge in [0, 0.05) is 37.4 Å². The van der Waals surface area contributed by atoms with Crippen LogP contribution in [0.5, 0.6) is 0 Å². The number of nitrogens with two attached hydrogens (primary N) is 1. The highest BCUT2D eigenvalue weighted by Gasteiger charge is 2.42. The number of amides is 1. The maximum absolute atomic E-state index is 13.1. The molecule has 8 heteroatoms. The molecule has 23 heavy (non-hydrogen) atoms. The molecule has 1 saturated heterocycles. The van der Waals surface area contributed by atoms with Gasteiger partial charge in [-0.2, -0.15) is 8.78 Å². The van der Waals surface area contributed by atoms with E-state index in [-0.39, 0.29) is 32.1 Å². The van der Waals surface area contributed by atoms with Gasteiger partial charge in [0.25, 0.3) is 5.91 Å². The number of benzene rings is 1. The zero-order valence-corrected chi connectivity index (χ0v) is 12.7. The highest BCUT2D eigenvalue weighted by Crippen LogP contribution is 2.25. The minimum atomic E-state index is -4.03. The molecule has 1 aliphatic heterocycles. The summed E-state index contributed by atoms with van der Waals surface area (Å²) >= 11 is 0. The predicted molar refractivity (Wildman–Crippen MR) is 78.9 cm³/mol. The van der Waals surface area contributed by atoms with Crippen LogP contribution in [-0.2, 0) is 0 Å². The molecule has 2 N–H and O–H groups in total. The maximum Gasteiger partial charge on any atom is 0.319 e. The summed E-state index contributed by atoms with van der Waals surface area (Å²) in [6, 6.07) is 5.01. The quantitative estimate of drug-likeness (QED) is 0.679. The van der Waals surface area contributed by atoms with Crippen molar-refractivity contribution in [3.63, 3.8) is 0 Å². The first-order valence-electron chi connectivity index (χ1n) is 7.24. The molecule has 1 aliphatic rings. The Kier molecular flexibility index (Phi) is 5.13. The third-order valence-electron chi connectivity index (χ3n) is 3.91. The van der Waals surface area contributed by atoms with Gasteiger partial charge < -0.3 is 10.6 Å². The number of aryl methyl sites for hydroxylation is 1. The smallest absolute Gasteiger partial charge is 0.319 e. The molecule has 1 aromatic carbocycles. The van der Waals surface area contributed by atoms with E-state index in [0.717, 1.165) is 5.56 Å². The molecular weight excluding hydrogens is 314 g/mol. The second kappa shape index (κ2) is 6.74. The van der Waals surface area contributed by atoms with Gasteiger partial charge in [-0.3, -0.25) is 9.69 Å². The van der Waals surface area contributed by atoms with E-state index in [1.54, 1.807) is 25.1 Å². The molecule has 1 fully saturated rings. The number of piperazine rings is 1. The molecule has 2 rings (SSSR count). The molecule has 0 saturated carbocycles. The lowest BCUT2D eigenvalue weighted by atomic mass is 10.1. The van der Waals surface area contributed by atoms with Crippen LogP contribution in [0, 0.1) is 6.92 Å². The normalized spacial score (nSPS) is 16.9. The topological polar surface area (TPSA) is 49.6 Å². The second-order valence-corrected chi connectivity index (χ2v) is 5.70. The van der Waals surface area contributed by atoms with Gasteiger partial charge in [0.2, 0.25) is 0 Å². The van der Waals surface area contributed by atoms with Crippen LogP contribution >= 0.6 is 0 Å². The first-order chi connectivity index (χ1) is 10.7. The van der Waals surface area contributed by atoms with Crippen molar-refractivity contribution in [2.75, 3.05) is 38.5 Å². The number of hydrogen-bond donors (Lipinski definition) is 1. The minimum absolute atomic E-state index is 0.134. The molecule has 0 atom stereocenters. The first kappa shape index (κ1) is 17.5. The van der Waals surface area contributed by atoms with Gasteiger partial charge in [-0.1, -0.05) is 6.07 Å². The van der Waals surface area contributed by atoms with E-state index in [1.807, 2.05) is 0 Å². The van der Waals surface area contributed by atoms with Crippen LogP contribution in [0.4, 0.5) is 23.2 Å². The van der Waals surface area contributed by atoms with Crippen molar-refractivity contribution in [3.8, 4) is 0 Å². The Morgan fingerprint density at radius 2 is 1.87 bits per heavy atom. The highest BCUT2D eigenvalue weighted by molar-refractivity contribution is 5.96. The number of nitrogen functional groups attached to an aromatic ring is 1. The number of carbonyl (C=O) groups excluding carboxylic acids is 1. The van der Waals surface area contributed by atoms with Crippen molar-refractivity contribution in [2.24, 2.45) is 0 Å². The summed E-state index contributed by atoms with van der Waals surface area (Å²) in [5.74, 6) is -4.26. The summed E-state index contributed by atoms with van der Waals surface area (Å²) in [5.41, 5.74) is 7.39. The van der Waals surface area contributed by atoms with Crippen molar-refractivity contribution in [2.45, 2.75) is 19.3 Å². The Morgan fingerprint density at radius 3 is 2.43 bits per heavy atom. The lowest BCUT2D eigenvalue weighted by molar-refractivity contribution is -0.144. The van der Waals surface area contributed by atoms with Gasteiger partial charge in [0.1, 0.15) is 0 Å². The summed E-state index contributed by atoms with van der Waals surface area (Å²) in [6.07, 6.45) is -3.68. The van der Waals surface area contributed by atoms with Gasteiger partial charge >= 0.3 is 12.3 Å². The third kappa shape index (κ3) is 4.13. The number of nitrogens with zero attached hydrogens (tertiary/aromatic N) is 2. The van der Waals surface area contributed by atoms with E-state index in [4.69, 9.17) is 5.73 Å². The van der Waals surface area contributed by atoms with E-state index in [1.165, 1.54) is 9.80 Å². The molecule has 0 spiro atoms. The Morgan fingerprint density at radius 1 is 1.26 bits per heavy atom. The number of rotatable bonds is 4. The van der Waals surface area contributed by atoms with Crippen LogP contribution in [-0.4, -0.2) is 60.8 Å². The molecule has 0 aromatic heterocycles. The summed E-state index contributed by atoms with van der Waals surface area (Å²) < 4.78 is 50.6. The number of carbonyl (C=O) groups is 1. The summed E-state index contributed by atoms with van der Waals surface area (Å²) in [6.45, 7) is 1.49. The van der Waals surface area contributed by atoms with Crippen molar-refractivity contribution < 1.29 is 22.4 Å². The number of hydrogen-bond acceptors (Lipinski definition) is 3. The van der Waals surface area contributed by atoms with Gasteiger partial charge in [-0.25, -0.2) is 8.78 Å². The van der Waals surface area contributed by atoms with E-state index in [0.29, 0.717) is 11.3 Å². The van der Waals surface area contributed by atoms with Crippen molar-refractivity contribution in [3.05, 3.63) is 29.3 Å². The van der Waals surface area contributed by atoms with Crippen LogP contribution in [0.2, 0.25) is 0 Å². The van der Waals surface area contributed by atoms with Gasteiger partial charge in [-0.15, -0.1) is 0 Å². The fraction of sp³-hybridized carbons (Fsp3) is 0.533. The molecule has 128 valence electrons. The van der Waals surface area contributed by atoms with E-state index in [2.05, 4.69) is 0 Å². The number of halogens is 4. The molecule has 0 radical (unpaired) electrons. The molecule has 1 aromatic rings. The fourth-order valence-corrected chi connectivity index (χ4v) is 2.52. The van der Waals surface area contributed by atoms with Crippen molar-refractivity contribution >= 4 is 11.6 Å². The monoisotopic (exact) mass is 333 g/mol. The van der Waals surface area contributed by atoms with E-state index < -0.39 is 18.9 Å². The molecule has 0 unspecified atom stereocenters. The van der Waals surface area contributed by atoms with Crippen LogP contribution in [0.1, 0.15) is 15.9 Å². The van der Waals surface area contributed by atoms with E-state index >= 15 is 0 Å². The average Bonchev–Trinajstić information content (AvgIpc) is 2.49. The predicted octanol–water partition coefficient (Wildman–Crippen LogP) is 2.24. The van der Waals surface area contributed by atoms with Crippen LogP contribution < -0.4 is 5.73 Å². The first-order valence-corrected chi connectivity index (χ1v) is 7.24.